The van der Waals surface area contributed by atoms with E-state index >= 15 is 0 Å². The smallest absolute Gasteiger partial charge is 0.229 e. The number of rotatable bonds is 6. The molecule has 1 aliphatic heterocycles. The van der Waals surface area contributed by atoms with Crippen LogP contribution in [0.3, 0.4) is 0 Å². The molecule has 0 radical (unpaired) electrons. The summed E-state index contributed by atoms with van der Waals surface area (Å²) in [5, 5.41) is 3.16. The summed E-state index contributed by atoms with van der Waals surface area (Å²) < 4.78 is 5.52. The van der Waals surface area contributed by atoms with Crippen molar-refractivity contribution >= 4 is 36.4 Å². The van der Waals surface area contributed by atoms with Crippen LogP contribution in [0.4, 0.5) is 5.69 Å². The van der Waals surface area contributed by atoms with Crippen molar-refractivity contribution in [3.63, 3.8) is 0 Å². The Labute approximate surface area is 199 Å². The van der Waals surface area contributed by atoms with E-state index in [4.69, 9.17) is 4.74 Å². The Kier molecular flexibility index (Phi) is 10.6. The second-order valence-corrected chi connectivity index (χ2v) is 8.66. The number of benzene rings is 2. The van der Waals surface area contributed by atoms with Crippen LogP contribution in [0.5, 0.6) is 5.75 Å². The molecule has 1 atom stereocenters. The first-order chi connectivity index (χ1) is 13.9. The minimum Gasteiger partial charge on any atom is -0.495 e. The van der Waals surface area contributed by atoms with E-state index in [9.17, 15) is 4.79 Å². The van der Waals surface area contributed by atoms with Crippen LogP contribution in [-0.4, -0.2) is 56.2 Å². The van der Waals surface area contributed by atoms with Crippen molar-refractivity contribution in [1.29, 1.82) is 0 Å². The van der Waals surface area contributed by atoms with Gasteiger partial charge in [-0.05, 0) is 38.5 Å². The molecule has 7 heteroatoms. The molecule has 1 amide bonds. The number of halogens is 2. The van der Waals surface area contributed by atoms with Gasteiger partial charge in [-0.2, -0.15) is 0 Å². The van der Waals surface area contributed by atoms with E-state index in [2.05, 4.69) is 33.3 Å². The number of ether oxygens (including phenoxy) is 1. The Balaban J connectivity index is 0.00000240. The zero-order valence-electron chi connectivity index (χ0n) is 18.8. The predicted octanol–water partition coefficient (Wildman–Crippen LogP) is 4.36. The highest BCUT2D eigenvalue weighted by Crippen LogP contribution is 2.29. The van der Waals surface area contributed by atoms with Crippen LogP contribution in [0, 0.1) is 0 Å². The fourth-order valence-electron chi connectivity index (χ4n) is 3.80. The highest BCUT2D eigenvalue weighted by Gasteiger charge is 2.28. The number of anilines is 1. The molecule has 0 spiro atoms. The molecule has 0 bridgehead atoms. The second kappa shape index (κ2) is 12.2. The summed E-state index contributed by atoms with van der Waals surface area (Å²) in [6.07, 6.45) is 0. The van der Waals surface area contributed by atoms with Crippen molar-refractivity contribution in [1.82, 2.24) is 10.2 Å². The van der Waals surface area contributed by atoms with Gasteiger partial charge in [0.2, 0.25) is 5.91 Å². The van der Waals surface area contributed by atoms with Gasteiger partial charge >= 0.3 is 0 Å². The lowest BCUT2D eigenvalue weighted by Gasteiger charge is -2.38. The van der Waals surface area contributed by atoms with Crippen molar-refractivity contribution in [2.45, 2.75) is 32.2 Å². The fourth-order valence-corrected chi connectivity index (χ4v) is 3.80. The molecule has 0 saturated carbocycles. The lowest BCUT2D eigenvalue weighted by Crippen LogP contribution is -2.50. The molecular formula is C24H35Cl2N3O2. The van der Waals surface area contributed by atoms with E-state index in [1.807, 2.05) is 57.2 Å². The molecule has 1 saturated heterocycles. The molecule has 2 aromatic rings. The van der Waals surface area contributed by atoms with E-state index in [0.29, 0.717) is 0 Å². The van der Waals surface area contributed by atoms with Crippen LogP contribution in [0.25, 0.3) is 0 Å². The molecule has 0 unspecified atom stereocenters. The SMILES string of the molecule is COc1ccccc1N1CCN(C[C@@H](C(=O)NC(C)(C)C)c2ccccc2)CC1.Cl.Cl. The molecule has 0 aliphatic carbocycles. The molecule has 2 aromatic carbocycles. The average Bonchev–Trinajstić information content (AvgIpc) is 2.72. The third kappa shape index (κ3) is 7.60. The summed E-state index contributed by atoms with van der Waals surface area (Å²) in [7, 11) is 1.72. The van der Waals surface area contributed by atoms with Gasteiger partial charge in [-0.3, -0.25) is 9.69 Å². The largest absolute Gasteiger partial charge is 0.495 e. The highest BCUT2D eigenvalue weighted by molar-refractivity contribution is 5.86. The minimum atomic E-state index is -0.243. The fraction of sp³-hybridized carbons (Fsp3) is 0.458. The third-order valence-corrected chi connectivity index (χ3v) is 5.26. The molecule has 1 N–H and O–H groups in total. The highest BCUT2D eigenvalue weighted by atomic mass is 35.5. The van der Waals surface area contributed by atoms with Gasteiger partial charge in [0.15, 0.2) is 0 Å². The van der Waals surface area contributed by atoms with Gasteiger partial charge in [0.1, 0.15) is 5.75 Å². The molecule has 5 nitrogen and oxygen atoms in total. The number of nitrogens with zero attached hydrogens (tertiary/aromatic N) is 2. The van der Waals surface area contributed by atoms with E-state index in [1.165, 1.54) is 0 Å². The monoisotopic (exact) mass is 467 g/mol. The molecule has 1 fully saturated rings. The first kappa shape index (κ1) is 27.1. The topological polar surface area (TPSA) is 44.8 Å². The number of hydrogen-bond acceptors (Lipinski definition) is 4. The number of nitrogens with one attached hydrogen (secondary N) is 1. The van der Waals surface area contributed by atoms with Crippen molar-refractivity contribution in [3.05, 3.63) is 60.2 Å². The van der Waals surface area contributed by atoms with Gasteiger partial charge in [-0.25, -0.2) is 0 Å². The Morgan fingerprint density at radius 2 is 1.55 bits per heavy atom. The van der Waals surface area contributed by atoms with Crippen LogP contribution < -0.4 is 15.0 Å². The van der Waals surface area contributed by atoms with Crippen molar-refractivity contribution in [2.24, 2.45) is 0 Å². The van der Waals surface area contributed by atoms with Gasteiger partial charge in [0.25, 0.3) is 0 Å². The first-order valence-corrected chi connectivity index (χ1v) is 10.3. The number of para-hydroxylation sites is 2. The summed E-state index contributed by atoms with van der Waals surface area (Å²) >= 11 is 0. The van der Waals surface area contributed by atoms with Gasteiger partial charge in [0, 0.05) is 38.3 Å². The standard InChI is InChI=1S/C24H33N3O2.2ClH/c1-24(2,3)25-23(28)20(19-10-6-5-7-11-19)18-26-14-16-27(17-15-26)21-12-8-9-13-22(21)29-4;;/h5-13,20H,14-18H2,1-4H3,(H,25,28);2*1H/t20-;;/m1../s1. The summed E-state index contributed by atoms with van der Waals surface area (Å²) in [5.74, 6) is 0.830. The van der Waals surface area contributed by atoms with E-state index in [-0.39, 0.29) is 42.2 Å². The number of methoxy groups -OCH3 is 1. The minimum absolute atomic E-state index is 0. The Morgan fingerprint density at radius 3 is 2.13 bits per heavy atom. The number of piperazine rings is 1. The third-order valence-electron chi connectivity index (χ3n) is 5.26. The molecule has 31 heavy (non-hydrogen) atoms. The Hall–Kier alpha value is -1.95. The van der Waals surface area contributed by atoms with Gasteiger partial charge in [-0.1, -0.05) is 42.5 Å². The maximum atomic E-state index is 13.0. The molecule has 0 aromatic heterocycles. The molecule has 172 valence electrons. The van der Waals surface area contributed by atoms with E-state index < -0.39 is 0 Å². The van der Waals surface area contributed by atoms with Crippen LogP contribution in [0.2, 0.25) is 0 Å². The molecular weight excluding hydrogens is 433 g/mol. The number of amides is 1. The molecule has 1 aliphatic rings. The maximum Gasteiger partial charge on any atom is 0.229 e. The number of carbonyl (C=O) groups is 1. The van der Waals surface area contributed by atoms with Crippen molar-refractivity contribution in [2.75, 3.05) is 44.7 Å². The lowest BCUT2D eigenvalue weighted by molar-refractivity contribution is -0.124. The molecule has 1 heterocycles. The van der Waals surface area contributed by atoms with Gasteiger partial charge in [-0.15, -0.1) is 24.8 Å². The normalized spacial score (nSPS) is 15.3. The van der Waals surface area contributed by atoms with E-state index in [1.54, 1.807) is 7.11 Å². The van der Waals surface area contributed by atoms with E-state index in [0.717, 1.165) is 49.7 Å². The Bertz CT molecular complexity index is 804. The summed E-state index contributed by atoms with van der Waals surface area (Å²) in [5.41, 5.74) is 1.97. The van der Waals surface area contributed by atoms with Crippen molar-refractivity contribution < 1.29 is 9.53 Å². The Morgan fingerprint density at radius 1 is 0.968 bits per heavy atom. The zero-order valence-corrected chi connectivity index (χ0v) is 20.5. The van der Waals surface area contributed by atoms with Crippen LogP contribution in [0.15, 0.2) is 54.6 Å². The van der Waals surface area contributed by atoms with Gasteiger partial charge in [0.05, 0.1) is 18.7 Å². The summed E-state index contributed by atoms with van der Waals surface area (Å²) in [6, 6.07) is 18.3. The first-order valence-electron chi connectivity index (χ1n) is 10.3. The molecule has 3 rings (SSSR count). The quantitative estimate of drug-likeness (QED) is 0.685. The predicted molar refractivity (Wildman–Crippen MR) is 133 cm³/mol. The van der Waals surface area contributed by atoms with Crippen LogP contribution in [-0.2, 0) is 4.79 Å². The number of hydrogen-bond donors (Lipinski definition) is 1. The number of carbonyl (C=O) groups excluding carboxylic acids is 1. The van der Waals surface area contributed by atoms with Crippen LogP contribution in [0.1, 0.15) is 32.3 Å². The zero-order chi connectivity index (χ0) is 20.9. The van der Waals surface area contributed by atoms with Crippen LogP contribution >= 0.6 is 24.8 Å². The second-order valence-electron chi connectivity index (χ2n) is 8.66. The average molecular weight is 468 g/mol. The summed E-state index contributed by atoms with van der Waals surface area (Å²) in [4.78, 5) is 17.8. The lowest BCUT2D eigenvalue weighted by atomic mass is 9.95. The van der Waals surface area contributed by atoms with Crippen molar-refractivity contribution in [3.8, 4) is 5.75 Å². The van der Waals surface area contributed by atoms with Gasteiger partial charge < -0.3 is 15.0 Å². The summed E-state index contributed by atoms with van der Waals surface area (Å²) in [6.45, 7) is 10.5. The maximum absolute atomic E-state index is 13.0.